The molecule has 3 heterocycles. The molecule has 2 aromatic heterocycles. The van der Waals surface area contributed by atoms with E-state index in [1.807, 2.05) is 0 Å². The minimum atomic E-state index is -0.646. The molecule has 9 heteroatoms. The van der Waals surface area contributed by atoms with E-state index in [1.54, 1.807) is 36.4 Å². The van der Waals surface area contributed by atoms with Crippen molar-refractivity contribution in [2.75, 3.05) is 7.11 Å². The fraction of sp³-hybridized carbons (Fsp3) is 0.0909. The zero-order valence-corrected chi connectivity index (χ0v) is 17.0. The van der Waals surface area contributed by atoms with Crippen LogP contribution in [0, 0.1) is 11.3 Å². The molecule has 0 radical (unpaired) electrons. The number of hydrogen-bond donors (Lipinski definition) is 0. The molecule has 0 aliphatic carbocycles. The highest BCUT2D eigenvalue weighted by Crippen LogP contribution is 2.34. The summed E-state index contributed by atoms with van der Waals surface area (Å²) in [6, 6.07) is 15.4. The molecule has 1 aromatic carbocycles. The van der Waals surface area contributed by atoms with Crippen molar-refractivity contribution >= 4 is 35.0 Å². The number of thioether (sulfide) groups is 1. The predicted molar refractivity (Wildman–Crippen MR) is 110 cm³/mol. The highest BCUT2D eigenvalue weighted by Gasteiger charge is 2.36. The number of nitrogens with zero attached hydrogens (tertiary/aromatic N) is 2. The molecule has 2 amide bonds. The number of furan rings is 2. The van der Waals surface area contributed by atoms with Gasteiger partial charge in [0.2, 0.25) is 5.76 Å². The van der Waals surface area contributed by atoms with Gasteiger partial charge in [-0.2, -0.15) is 5.26 Å². The Hall–Kier alpha value is -4.03. The van der Waals surface area contributed by atoms with Crippen LogP contribution in [0.3, 0.4) is 0 Å². The van der Waals surface area contributed by atoms with Crippen molar-refractivity contribution in [1.82, 2.24) is 4.90 Å². The summed E-state index contributed by atoms with van der Waals surface area (Å²) < 4.78 is 15.7. The van der Waals surface area contributed by atoms with Gasteiger partial charge in [0.05, 0.1) is 30.2 Å². The van der Waals surface area contributed by atoms with Crippen LogP contribution in [0.4, 0.5) is 4.79 Å². The second kappa shape index (κ2) is 8.38. The van der Waals surface area contributed by atoms with Gasteiger partial charge in [0, 0.05) is 11.6 Å². The lowest BCUT2D eigenvalue weighted by Crippen LogP contribution is -2.27. The van der Waals surface area contributed by atoms with E-state index >= 15 is 0 Å². The topological polar surface area (TPSA) is 114 Å². The third-order valence-corrected chi connectivity index (χ3v) is 5.36. The Balaban J connectivity index is 1.53. The molecule has 3 aromatic rings. The van der Waals surface area contributed by atoms with E-state index in [0.717, 1.165) is 16.7 Å². The Morgan fingerprint density at radius 2 is 1.97 bits per heavy atom. The van der Waals surface area contributed by atoms with Crippen LogP contribution in [0.25, 0.3) is 17.4 Å². The number of amides is 2. The van der Waals surface area contributed by atoms with E-state index in [2.05, 4.69) is 10.8 Å². The number of nitriles is 1. The largest absolute Gasteiger partial charge is 0.463 e. The van der Waals surface area contributed by atoms with Crippen LogP contribution in [-0.4, -0.2) is 29.1 Å². The number of carbonyl (C=O) groups is 3. The van der Waals surface area contributed by atoms with Gasteiger partial charge in [-0.3, -0.25) is 14.5 Å². The fourth-order valence-corrected chi connectivity index (χ4v) is 3.78. The fourth-order valence-electron chi connectivity index (χ4n) is 2.97. The zero-order valence-electron chi connectivity index (χ0n) is 16.2. The van der Waals surface area contributed by atoms with Crippen LogP contribution in [0.1, 0.15) is 27.6 Å². The van der Waals surface area contributed by atoms with Gasteiger partial charge in [-0.05, 0) is 48.2 Å². The van der Waals surface area contributed by atoms with Crippen LogP contribution >= 0.6 is 11.8 Å². The molecule has 1 saturated heterocycles. The van der Waals surface area contributed by atoms with Crippen molar-refractivity contribution in [3.8, 4) is 17.4 Å². The molecule has 1 aliphatic rings. The average Bonchev–Trinajstić information content (AvgIpc) is 3.50. The lowest BCUT2D eigenvalue weighted by molar-refractivity contribution is -0.123. The van der Waals surface area contributed by atoms with Crippen molar-refractivity contribution in [3.05, 3.63) is 76.3 Å². The van der Waals surface area contributed by atoms with E-state index < -0.39 is 17.1 Å². The van der Waals surface area contributed by atoms with Gasteiger partial charge in [-0.25, -0.2) is 4.79 Å². The van der Waals surface area contributed by atoms with Gasteiger partial charge in [-0.15, -0.1) is 0 Å². The van der Waals surface area contributed by atoms with E-state index in [0.29, 0.717) is 22.6 Å². The maximum atomic E-state index is 12.7. The summed E-state index contributed by atoms with van der Waals surface area (Å²) in [6.45, 7) is -0.113. The van der Waals surface area contributed by atoms with Crippen LogP contribution in [0.2, 0.25) is 0 Å². The van der Waals surface area contributed by atoms with Gasteiger partial charge >= 0.3 is 5.97 Å². The Kier molecular flexibility index (Phi) is 5.47. The van der Waals surface area contributed by atoms with E-state index in [1.165, 1.54) is 25.3 Å². The number of methoxy groups -OCH3 is 1. The zero-order chi connectivity index (χ0) is 22.0. The monoisotopic (exact) mass is 434 g/mol. The summed E-state index contributed by atoms with van der Waals surface area (Å²) in [4.78, 5) is 37.7. The van der Waals surface area contributed by atoms with Crippen LogP contribution in [0.15, 0.2) is 62.3 Å². The number of carbonyl (C=O) groups excluding carboxylic acids is 3. The molecule has 154 valence electrons. The first-order chi connectivity index (χ1) is 15.0. The van der Waals surface area contributed by atoms with Crippen molar-refractivity contribution < 1.29 is 28.0 Å². The Morgan fingerprint density at radius 1 is 1.16 bits per heavy atom. The number of imide groups is 1. The molecule has 1 aliphatic heterocycles. The van der Waals surface area contributed by atoms with Gasteiger partial charge in [0.15, 0.2) is 0 Å². The summed E-state index contributed by atoms with van der Waals surface area (Å²) in [7, 11) is 1.23. The first-order valence-electron chi connectivity index (χ1n) is 9.02. The lowest BCUT2D eigenvalue weighted by atomic mass is 10.1. The predicted octanol–water partition coefficient (Wildman–Crippen LogP) is 4.43. The van der Waals surface area contributed by atoms with Crippen molar-refractivity contribution in [3.63, 3.8) is 0 Å². The molecule has 0 N–H and O–H groups in total. The van der Waals surface area contributed by atoms with Gasteiger partial charge in [-0.1, -0.05) is 12.1 Å². The summed E-state index contributed by atoms with van der Waals surface area (Å²) in [5.74, 6) is -0.0285. The molecule has 0 bridgehead atoms. The average molecular weight is 434 g/mol. The van der Waals surface area contributed by atoms with Crippen molar-refractivity contribution in [2.24, 2.45) is 0 Å². The summed E-state index contributed by atoms with van der Waals surface area (Å²) in [5, 5.41) is 8.78. The summed E-state index contributed by atoms with van der Waals surface area (Å²) in [6.07, 6.45) is 1.48. The number of esters is 1. The SMILES string of the molecule is COC(=O)c1ccc(CN2C(=O)SC(=Cc3ccc(-c4ccccc4C#N)o3)C2=O)o1. The molecule has 1 fully saturated rings. The second-order valence-electron chi connectivity index (χ2n) is 6.38. The highest BCUT2D eigenvalue weighted by atomic mass is 32.2. The van der Waals surface area contributed by atoms with Crippen LogP contribution in [0.5, 0.6) is 0 Å². The molecule has 0 atom stereocenters. The number of ether oxygens (including phenoxy) is 1. The van der Waals surface area contributed by atoms with Crippen molar-refractivity contribution in [1.29, 1.82) is 5.26 Å². The number of rotatable bonds is 5. The molecule has 0 saturated carbocycles. The summed E-state index contributed by atoms with van der Waals surface area (Å²) >= 11 is 0.779. The molecule has 0 unspecified atom stereocenters. The third-order valence-electron chi connectivity index (χ3n) is 4.45. The summed E-state index contributed by atoms with van der Waals surface area (Å²) in [5.41, 5.74) is 1.10. The Labute approximate surface area is 180 Å². The third kappa shape index (κ3) is 4.01. The Bertz CT molecular complexity index is 1260. The normalized spacial score (nSPS) is 14.8. The van der Waals surface area contributed by atoms with E-state index in [9.17, 15) is 19.6 Å². The van der Waals surface area contributed by atoms with E-state index in [4.69, 9.17) is 8.83 Å². The van der Waals surface area contributed by atoms with Crippen LogP contribution < -0.4 is 0 Å². The van der Waals surface area contributed by atoms with E-state index in [-0.39, 0.29) is 23.0 Å². The van der Waals surface area contributed by atoms with Gasteiger partial charge in [0.25, 0.3) is 11.1 Å². The minimum Gasteiger partial charge on any atom is -0.463 e. The van der Waals surface area contributed by atoms with Gasteiger partial charge in [0.1, 0.15) is 17.3 Å². The first-order valence-corrected chi connectivity index (χ1v) is 9.83. The quantitative estimate of drug-likeness (QED) is 0.428. The number of hydrogen-bond acceptors (Lipinski definition) is 8. The molecule has 4 rings (SSSR count). The first kappa shape index (κ1) is 20.3. The molecular formula is C22H14N2O6S. The smallest absolute Gasteiger partial charge is 0.373 e. The molecule has 31 heavy (non-hydrogen) atoms. The maximum absolute atomic E-state index is 12.7. The second-order valence-corrected chi connectivity index (χ2v) is 7.38. The molecular weight excluding hydrogens is 420 g/mol. The number of benzene rings is 1. The maximum Gasteiger partial charge on any atom is 0.373 e. The lowest BCUT2D eigenvalue weighted by Gasteiger charge is -2.09. The van der Waals surface area contributed by atoms with Gasteiger partial charge < -0.3 is 13.6 Å². The highest BCUT2D eigenvalue weighted by molar-refractivity contribution is 8.18. The minimum absolute atomic E-state index is 0.0132. The molecule has 8 nitrogen and oxygen atoms in total. The van der Waals surface area contributed by atoms with Crippen LogP contribution in [-0.2, 0) is 16.1 Å². The standard InChI is InChI=1S/C22H14N2O6S/c1-28-21(26)18-9-7-15(30-18)12-24-20(25)19(31-22(24)27)10-14-6-8-17(29-14)16-5-3-2-4-13(16)11-23/h2-10H,12H2,1H3. The van der Waals surface area contributed by atoms with Crippen molar-refractivity contribution in [2.45, 2.75) is 6.54 Å². The molecule has 0 spiro atoms. The Morgan fingerprint density at radius 3 is 2.74 bits per heavy atom.